The highest BCUT2D eigenvalue weighted by atomic mass is 16.5. The molecule has 0 atom stereocenters. The lowest BCUT2D eigenvalue weighted by Crippen LogP contribution is -2.36. The molecule has 0 bridgehead atoms. The van der Waals surface area contributed by atoms with E-state index < -0.39 is 0 Å². The Kier molecular flexibility index (Phi) is 8.75. The van der Waals surface area contributed by atoms with Gasteiger partial charge in [-0.3, -0.25) is 14.5 Å². The predicted molar refractivity (Wildman–Crippen MR) is 122 cm³/mol. The fraction of sp³-hybridized carbons (Fsp3) is 0.375. The lowest BCUT2D eigenvalue weighted by atomic mass is 10.1. The topological polar surface area (TPSA) is 87.7 Å². The number of esters is 1. The number of hydrogen-bond acceptors (Lipinski definition) is 5. The second-order valence-electron chi connectivity index (χ2n) is 7.76. The Morgan fingerprint density at radius 3 is 2.00 bits per heavy atom. The van der Waals surface area contributed by atoms with Gasteiger partial charge in [0.2, 0.25) is 11.8 Å². The monoisotopic (exact) mass is 425 g/mol. The first-order chi connectivity index (χ1) is 14.7. The van der Waals surface area contributed by atoms with Gasteiger partial charge in [0.25, 0.3) is 0 Å². The smallest absolute Gasteiger partial charge is 0.338 e. The maximum Gasteiger partial charge on any atom is 0.338 e. The molecule has 0 heterocycles. The molecule has 2 N–H and O–H groups in total. The first kappa shape index (κ1) is 24.1. The number of benzene rings is 2. The molecule has 166 valence electrons. The Morgan fingerprint density at radius 1 is 0.903 bits per heavy atom. The molecule has 0 aromatic heterocycles. The highest BCUT2D eigenvalue weighted by Crippen LogP contribution is 2.21. The number of likely N-dealkylation sites (N-methyl/N-ethyl adjacent to an activating group) is 1. The van der Waals surface area contributed by atoms with Gasteiger partial charge in [-0.05, 0) is 69.6 Å². The number of ether oxygens (including phenoxy) is 1. The van der Waals surface area contributed by atoms with Crippen LogP contribution < -0.4 is 10.6 Å². The number of carbonyl (C=O) groups is 3. The van der Waals surface area contributed by atoms with E-state index in [4.69, 9.17) is 4.74 Å². The van der Waals surface area contributed by atoms with Gasteiger partial charge in [-0.15, -0.1) is 0 Å². The number of aryl methyl sites for hydroxylation is 3. The van der Waals surface area contributed by atoms with E-state index in [1.807, 2.05) is 39.8 Å². The van der Waals surface area contributed by atoms with Crippen LogP contribution in [0.3, 0.4) is 0 Å². The third kappa shape index (κ3) is 7.53. The van der Waals surface area contributed by atoms with Crippen LogP contribution in [0.4, 0.5) is 11.4 Å². The third-order valence-electron chi connectivity index (χ3n) is 4.61. The Bertz CT molecular complexity index is 915. The lowest BCUT2D eigenvalue weighted by Gasteiger charge is -2.18. The van der Waals surface area contributed by atoms with E-state index in [0.29, 0.717) is 17.9 Å². The van der Waals surface area contributed by atoms with Crippen molar-refractivity contribution >= 4 is 29.2 Å². The van der Waals surface area contributed by atoms with Gasteiger partial charge in [0.05, 0.1) is 25.3 Å². The van der Waals surface area contributed by atoms with Crippen LogP contribution >= 0.6 is 0 Å². The number of amides is 2. The normalized spacial score (nSPS) is 10.6. The standard InChI is InChI=1S/C24H31N3O4/c1-6-11-31-24(30)19-7-9-20(10-8-19)25-21(28)14-27(5)15-22(29)26-23-17(3)12-16(2)13-18(23)4/h7-10,12-13H,6,11,14-15H2,1-5H3,(H,25,28)(H,26,29). The minimum Gasteiger partial charge on any atom is -0.462 e. The molecule has 2 aromatic rings. The molecule has 0 unspecified atom stereocenters. The van der Waals surface area contributed by atoms with Crippen molar-refractivity contribution in [1.29, 1.82) is 0 Å². The van der Waals surface area contributed by atoms with Crippen molar-refractivity contribution in [2.24, 2.45) is 0 Å². The second-order valence-corrected chi connectivity index (χ2v) is 7.76. The van der Waals surface area contributed by atoms with E-state index in [1.54, 1.807) is 36.2 Å². The first-order valence-electron chi connectivity index (χ1n) is 10.3. The summed E-state index contributed by atoms with van der Waals surface area (Å²) < 4.78 is 5.08. The zero-order chi connectivity index (χ0) is 23.0. The molecule has 0 spiro atoms. The number of nitrogens with zero attached hydrogens (tertiary/aromatic N) is 1. The first-order valence-corrected chi connectivity index (χ1v) is 10.3. The largest absolute Gasteiger partial charge is 0.462 e. The van der Waals surface area contributed by atoms with Crippen molar-refractivity contribution in [3.8, 4) is 0 Å². The molecule has 2 aromatic carbocycles. The van der Waals surface area contributed by atoms with Crippen LogP contribution in [0.5, 0.6) is 0 Å². The zero-order valence-corrected chi connectivity index (χ0v) is 18.9. The van der Waals surface area contributed by atoms with E-state index >= 15 is 0 Å². The fourth-order valence-electron chi connectivity index (χ4n) is 3.27. The summed E-state index contributed by atoms with van der Waals surface area (Å²) in [5.74, 6) is -0.816. The van der Waals surface area contributed by atoms with Crippen LogP contribution in [0.1, 0.15) is 40.4 Å². The predicted octanol–water partition coefficient (Wildman–Crippen LogP) is 3.69. The Balaban J connectivity index is 1.84. The second kappa shape index (κ2) is 11.3. The highest BCUT2D eigenvalue weighted by molar-refractivity contribution is 5.96. The number of anilines is 2. The van der Waals surface area contributed by atoms with E-state index in [0.717, 1.165) is 28.8 Å². The Labute approximate surface area is 183 Å². The van der Waals surface area contributed by atoms with Crippen molar-refractivity contribution in [3.63, 3.8) is 0 Å². The van der Waals surface area contributed by atoms with E-state index in [-0.39, 0.29) is 30.9 Å². The van der Waals surface area contributed by atoms with Crippen LogP contribution in [-0.4, -0.2) is 49.4 Å². The highest BCUT2D eigenvalue weighted by Gasteiger charge is 2.14. The summed E-state index contributed by atoms with van der Waals surface area (Å²) in [7, 11) is 1.71. The summed E-state index contributed by atoms with van der Waals surface area (Å²) >= 11 is 0. The molecule has 0 aliphatic carbocycles. The Hall–Kier alpha value is -3.19. The quantitative estimate of drug-likeness (QED) is 0.599. The van der Waals surface area contributed by atoms with Gasteiger partial charge in [-0.1, -0.05) is 24.6 Å². The molecule has 0 aliphatic heterocycles. The number of nitrogens with one attached hydrogen (secondary N) is 2. The van der Waals surface area contributed by atoms with Crippen molar-refractivity contribution in [2.75, 3.05) is 37.4 Å². The molecule has 0 aliphatic rings. The van der Waals surface area contributed by atoms with Crippen molar-refractivity contribution in [2.45, 2.75) is 34.1 Å². The molecule has 7 heteroatoms. The molecule has 7 nitrogen and oxygen atoms in total. The van der Waals surface area contributed by atoms with E-state index in [1.165, 1.54) is 0 Å². The summed E-state index contributed by atoms with van der Waals surface area (Å²) in [5.41, 5.74) is 4.97. The minimum atomic E-state index is -0.385. The van der Waals surface area contributed by atoms with Crippen LogP contribution in [0.25, 0.3) is 0 Å². The third-order valence-corrected chi connectivity index (χ3v) is 4.61. The lowest BCUT2D eigenvalue weighted by molar-refractivity contribution is -0.119. The molecule has 0 radical (unpaired) electrons. The van der Waals surface area contributed by atoms with Gasteiger partial charge in [0, 0.05) is 11.4 Å². The van der Waals surface area contributed by atoms with Gasteiger partial charge in [-0.25, -0.2) is 4.79 Å². The molecule has 0 saturated heterocycles. The maximum atomic E-state index is 12.4. The van der Waals surface area contributed by atoms with Crippen molar-refractivity contribution in [3.05, 3.63) is 58.7 Å². The van der Waals surface area contributed by atoms with Crippen molar-refractivity contribution in [1.82, 2.24) is 4.90 Å². The molecule has 2 rings (SSSR count). The molecule has 2 amide bonds. The SMILES string of the molecule is CCCOC(=O)c1ccc(NC(=O)CN(C)CC(=O)Nc2c(C)cc(C)cc2C)cc1. The summed E-state index contributed by atoms with van der Waals surface area (Å²) in [6.45, 7) is 8.38. The van der Waals surface area contributed by atoms with Crippen molar-refractivity contribution < 1.29 is 19.1 Å². The molecule has 31 heavy (non-hydrogen) atoms. The molecular weight excluding hydrogens is 394 g/mol. The van der Waals surface area contributed by atoms with Gasteiger partial charge >= 0.3 is 5.97 Å². The van der Waals surface area contributed by atoms with E-state index in [2.05, 4.69) is 10.6 Å². The summed E-state index contributed by atoms with van der Waals surface area (Å²) in [6, 6.07) is 10.6. The fourth-order valence-corrected chi connectivity index (χ4v) is 3.27. The van der Waals surface area contributed by atoms with Crippen LogP contribution in [0, 0.1) is 20.8 Å². The number of carbonyl (C=O) groups excluding carboxylic acids is 3. The molecule has 0 saturated carbocycles. The van der Waals surface area contributed by atoms with Crippen LogP contribution in [0.2, 0.25) is 0 Å². The van der Waals surface area contributed by atoms with Gasteiger partial charge < -0.3 is 15.4 Å². The summed E-state index contributed by atoms with van der Waals surface area (Å²) in [4.78, 5) is 38.2. The molecular formula is C24H31N3O4. The maximum absolute atomic E-state index is 12.4. The summed E-state index contributed by atoms with van der Waals surface area (Å²) in [5, 5.41) is 5.70. The number of rotatable bonds is 9. The van der Waals surface area contributed by atoms with Gasteiger partial charge in [0.15, 0.2) is 0 Å². The minimum absolute atomic E-state index is 0.0551. The average molecular weight is 426 g/mol. The summed E-state index contributed by atoms with van der Waals surface area (Å²) in [6.07, 6.45) is 0.760. The number of hydrogen-bond donors (Lipinski definition) is 2. The molecule has 0 fully saturated rings. The van der Waals surface area contributed by atoms with Crippen LogP contribution in [-0.2, 0) is 14.3 Å². The zero-order valence-electron chi connectivity index (χ0n) is 18.9. The van der Waals surface area contributed by atoms with Gasteiger partial charge in [-0.2, -0.15) is 0 Å². The van der Waals surface area contributed by atoms with Crippen LogP contribution in [0.15, 0.2) is 36.4 Å². The van der Waals surface area contributed by atoms with E-state index in [9.17, 15) is 14.4 Å². The Morgan fingerprint density at radius 2 is 1.45 bits per heavy atom. The van der Waals surface area contributed by atoms with Gasteiger partial charge in [0.1, 0.15) is 0 Å². The average Bonchev–Trinajstić information content (AvgIpc) is 2.69.